The predicted octanol–water partition coefficient (Wildman–Crippen LogP) is 3.59. The molecule has 4 heteroatoms. The van der Waals surface area contributed by atoms with Crippen molar-refractivity contribution in [2.75, 3.05) is 0 Å². The highest BCUT2D eigenvalue weighted by molar-refractivity contribution is 5.23. The van der Waals surface area contributed by atoms with E-state index in [-0.39, 0.29) is 32.0 Å². The molecule has 0 spiro atoms. The second-order valence-electron chi connectivity index (χ2n) is 7.86. The molecule has 0 aliphatic carbocycles. The minimum Gasteiger partial charge on any atom is -0.174 e. The van der Waals surface area contributed by atoms with Crippen molar-refractivity contribution in [3.05, 3.63) is 66.8 Å². The Labute approximate surface area is 160 Å². The molecule has 0 saturated heterocycles. The minimum absolute atomic E-state index is 0.0703. The Hall–Kier alpha value is -1.04. The molecule has 138 valence electrons. The molecule has 0 amide bonds. The van der Waals surface area contributed by atoms with Crippen LogP contribution in [0.3, 0.4) is 0 Å². The van der Waals surface area contributed by atoms with Gasteiger partial charge in [-0.15, -0.1) is 0 Å². The number of halogens is 4. The van der Waals surface area contributed by atoms with Gasteiger partial charge in [0.2, 0.25) is 0 Å². The fraction of sp³-hybridized carbons (Fsp3) is 0.429. The average molecular weight is 463 g/mol. The first-order valence-electron chi connectivity index (χ1n) is 8.18. The molecule has 2 rings (SSSR count). The number of rotatable bonds is 2. The maximum atomic E-state index is 9.67. The largest absolute Gasteiger partial charge is 0.379 e. The Kier molecular flexibility index (Phi) is 7.97. The van der Waals surface area contributed by atoms with E-state index in [1.807, 2.05) is 0 Å². The maximum Gasteiger partial charge on any atom is 0.379 e. The third kappa shape index (κ3) is 8.25. The van der Waals surface area contributed by atoms with Gasteiger partial charge in [0.1, 0.15) is 0 Å². The van der Waals surface area contributed by atoms with Gasteiger partial charge in [0, 0.05) is 0 Å². The van der Waals surface area contributed by atoms with E-state index < -0.39 is 6.68 Å². The second kappa shape index (κ2) is 9.06. The van der Waals surface area contributed by atoms with Crippen molar-refractivity contribution < 1.29 is 34.4 Å². The first kappa shape index (κ1) is 22.0. The quantitative estimate of drug-likeness (QED) is 0.598. The first-order chi connectivity index (χ1) is 11.4. The highest BCUT2D eigenvalue weighted by Crippen LogP contribution is 2.21. The smallest absolute Gasteiger partial charge is 0.174 e. The van der Waals surface area contributed by atoms with Crippen molar-refractivity contribution in [1.29, 1.82) is 0 Å². The van der Waals surface area contributed by atoms with E-state index in [1.54, 1.807) is 0 Å². The summed E-state index contributed by atoms with van der Waals surface area (Å²) < 4.78 is 32.0. The average Bonchev–Trinajstić information content (AvgIpc) is 2.46. The Bertz CT molecular complexity index is 575. The fourth-order valence-electron chi connectivity index (χ4n) is 2.15. The number of hydrogen-bond acceptors (Lipinski definition) is 0. The molecule has 0 fully saturated rings. The van der Waals surface area contributed by atoms with Gasteiger partial charge in [0.05, 0.1) is 0 Å². The molecule has 0 atom stereocenters. The van der Waals surface area contributed by atoms with Crippen LogP contribution in [0.1, 0.15) is 52.7 Å². The second-order valence-corrected chi connectivity index (χ2v) is 10.9. The van der Waals surface area contributed by atoms with Crippen molar-refractivity contribution in [1.82, 2.24) is 0 Å². The fourth-order valence-corrected chi connectivity index (χ4v) is 4.31. The molecule has 2 aromatic carbocycles. The molecule has 0 nitrogen and oxygen atoms in total. The summed E-state index contributed by atoms with van der Waals surface area (Å²) in [5.74, 6) is 0. The van der Waals surface area contributed by atoms with Crippen molar-refractivity contribution in [2.45, 2.75) is 59.1 Å². The van der Waals surface area contributed by atoms with E-state index in [1.165, 1.54) is 18.3 Å². The molecular formula is C21H27F3I+. The topological polar surface area (TPSA) is 0 Å². The van der Waals surface area contributed by atoms with Gasteiger partial charge in [0.15, 0.2) is 7.14 Å². The van der Waals surface area contributed by atoms with E-state index in [9.17, 15) is 13.2 Å². The zero-order valence-electron chi connectivity index (χ0n) is 15.7. The van der Waals surface area contributed by atoms with Crippen LogP contribution in [0.4, 0.5) is 13.2 Å². The molecule has 25 heavy (non-hydrogen) atoms. The van der Waals surface area contributed by atoms with Gasteiger partial charge in [0.25, 0.3) is 0 Å². The molecular weight excluding hydrogens is 436 g/mol. The molecule has 0 saturated carbocycles. The van der Waals surface area contributed by atoms with E-state index in [4.69, 9.17) is 0 Å². The van der Waals surface area contributed by atoms with E-state index in [2.05, 4.69) is 90.1 Å². The molecule has 0 aliphatic rings. The Morgan fingerprint density at radius 3 is 1.04 bits per heavy atom. The van der Waals surface area contributed by atoms with E-state index in [0.717, 1.165) is 0 Å². The molecule has 0 radical (unpaired) electrons. The lowest BCUT2D eigenvalue weighted by molar-refractivity contribution is -0.597. The Morgan fingerprint density at radius 2 is 0.840 bits per heavy atom. The van der Waals surface area contributed by atoms with E-state index in [0.29, 0.717) is 0 Å². The summed E-state index contributed by atoms with van der Waals surface area (Å²) in [4.78, 5) is 0. The van der Waals surface area contributed by atoms with E-state index >= 15 is 0 Å². The van der Waals surface area contributed by atoms with Gasteiger partial charge in [-0.3, -0.25) is 0 Å². The molecule has 0 aromatic heterocycles. The number of hydrogen-bond donors (Lipinski definition) is 0. The van der Waals surface area contributed by atoms with Crippen LogP contribution < -0.4 is 21.2 Å². The van der Waals surface area contributed by atoms with Crippen LogP contribution in [-0.4, -0.2) is 6.68 Å². The third-order valence-electron chi connectivity index (χ3n) is 3.64. The summed E-state index contributed by atoms with van der Waals surface area (Å²) in [6.45, 7) is 9.93. The van der Waals surface area contributed by atoms with Crippen LogP contribution in [0, 0.1) is 7.14 Å². The molecule has 0 aliphatic heterocycles. The highest BCUT2D eigenvalue weighted by Gasteiger charge is 2.20. The Morgan fingerprint density at radius 1 is 0.600 bits per heavy atom. The summed E-state index contributed by atoms with van der Waals surface area (Å²) in [5.41, 5.74) is 3.31. The van der Waals surface area contributed by atoms with Gasteiger partial charge in [-0.1, -0.05) is 65.8 Å². The van der Waals surface area contributed by atoms with Crippen LogP contribution >= 0.6 is 0 Å². The zero-order valence-corrected chi connectivity index (χ0v) is 17.9. The monoisotopic (exact) mass is 463 g/mol. The van der Waals surface area contributed by atoms with Gasteiger partial charge < -0.3 is 0 Å². The van der Waals surface area contributed by atoms with Crippen molar-refractivity contribution in [2.24, 2.45) is 0 Å². The summed E-state index contributed by atoms with van der Waals surface area (Å²) in [6.07, 6.45) is 0. The zero-order chi connectivity index (χ0) is 19.3. The summed E-state index contributed by atoms with van der Waals surface area (Å²) in [6, 6.07) is 18.4. The van der Waals surface area contributed by atoms with Crippen LogP contribution in [0.2, 0.25) is 0 Å². The third-order valence-corrected chi connectivity index (χ3v) is 6.32. The first-order valence-corrected chi connectivity index (χ1v) is 10.3. The molecule has 0 heterocycles. The number of benzene rings is 2. The van der Waals surface area contributed by atoms with Gasteiger partial charge in [-0.2, -0.15) is 13.2 Å². The standard InChI is InChI=1S/C20H26I.CHF3/c1-19(2,3)15-7-11-17(12-8-15)21-18-13-9-16(10-14-18)20(4,5)6;2-1(3)4/h7-14H,1-6H3;1H/q+1;. The molecule has 0 unspecified atom stereocenters. The normalized spacial score (nSPS) is 11.9. The lowest BCUT2D eigenvalue weighted by Gasteiger charge is -2.18. The summed E-state index contributed by atoms with van der Waals surface area (Å²) in [7, 11) is 0. The maximum absolute atomic E-state index is 9.67. The van der Waals surface area contributed by atoms with Crippen molar-refractivity contribution in [3.8, 4) is 0 Å². The van der Waals surface area contributed by atoms with Gasteiger partial charge in [-0.25, -0.2) is 0 Å². The van der Waals surface area contributed by atoms with Crippen LogP contribution in [0.15, 0.2) is 48.5 Å². The van der Waals surface area contributed by atoms with Gasteiger partial charge in [-0.05, 0) is 46.2 Å². The summed E-state index contributed by atoms with van der Waals surface area (Å²) in [5, 5.41) is 0. The SMILES string of the molecule is CC(C)(C)c1ccc([I+]c2ccc(C(C)(C)C)cc2)cc1.FC(F)F. The number of alkyl halides is 3. The van der Waals surface area contributed by atoms with Crippen LogP contribution in [-0.2, 0) is 10.8 Å². The lowest BCUT2D eigenvalue weighted by Crippen LogP contribution is -3.61. The van der Waals surface area contributed by atoms with Crippen molar-refractivity contribution >= 4 is 0 Å². The van der Waals surface area contributed by atoms with Gasteiger partial charge >= 0.3 is 27.9 Å². The highest BCUT2D eigenvalue weighted by atomic mass is 127. The molecule has 0 N–H and O–H groups in total. The Balaban J connectivity index is 0.000000705. The predicted molar refractivity (Wildman–Crippen MR) is 94.8 cm³/mol. The summed E-state index contributed by atoms with van der Waals surface area (Å²) >= 11 is -0.0703. The van der Waals surface area contributed by atoms with Crippen molar-refractivity contribution in [3.63, 3.8) is 0 Å². The molecule has 2 aromatic rings. The van der Waals surface area contributed by atoms with Crippen LogP contribution in [0.25, 0.3) is 0 Å². The molecule has 0 bridgehead atoms. The lowest BCUT2D eigenvalue weighted by atomic mass is 9.87. The minimum atomic E-state index is -3.67. The van der Waals surface area contributed by atoms with Crippen LogP contribution in [0.5, 0.6) is 0 Å².